The van der Waals surface area contributed by atoms with Crippen molar-refractivity contribution in [1.82, 2.24) is 19.9 Å². The molecule has 1 aliphatic rings. The molecule has 1 saturated heterocycles. The summed E-state index contributed by atoms with van der Waals surface area (Å²) in [5.74, 6) is 1.32. The fraction of sp³-hybridized carbons (Fsp3) is 0.259. The van der Waals surface area contributed by atoms with Crippen LogP contribution in [0.25, 0.3) is 10.9 Å². The number of halogens is 1. The maximum Gasteiger partial charge on any atom is 0.272 e. The summed E-state index contributed by atoms with van der Waals surface area (Å²) in [7, 11) is 1.62. The van der Waals surface area contributed by atoms with E-state index in [1.807, 2.05) is 12.1 Å². The van der Waals surface area contributed by atoms with E-state index in [-0.39, 0.29) is 11.2 Å². The van der Waals surface area contributed by atoms with Crippen molar-refractivity contribution in [1.29, 1.82) is 5.26 Å². The van der Waals surface area contributed by atoms with Gasteiger partial charge in [0.1, 0.15) is 23.1 Å². The standard InChI is InChI=1S/C27H26FN7O2/c1-37-23-16-18(17-8-12-35(13-9-17)14-10-29)5-6-21(23)32-27-30-11-7-24(33-27)31-22-15-19-3-2-4-20(28)25(19)34-26(22)36/h2-7,11,15-17H,8-9,12-14H2,1H3,(H,34,36)(H2,30,31,32,33). The molecule has 0 spiro atoms. The summed E-state index contributed by atoms with van der Waals surface area (Å²) < 4.78 is 19.6. The molecule has 0 saturated carbocycles. The Morgan fingerprint density at radius 2 is 2.00 bits per heavy atom. The van der Waals surface area contributed by atoms with Crippen LogP contribution < -0.4 is 20.9 Å². The molecule has 188 valence electrons. The number of rotatable bonds is 7. The Balaban J connectivity index is 1.32. The molecule has 0 bridgehead atoms. The molecule has 0 atom stereocenters. The average Bonchev–Trinajstić information content (AvgIpc) is 2.91. The number of para-hydroxylation sites is 1. The van der Waals surface area contributed by atoms with E-state index in [1.165, 1.54) is 11.6 Å². The van der Waals surface area contributed by atoms with Crippen LogP contribution >= 0.6 is 0 Å². The zero-order chi connectivity index (χ0) is 25.8. The highest BCUT2D eigenvalue weighted by atomic mass is 19.1. The number of likely N-dealkylation sites (tertiary alicyclic amines) is 1. The van der Waals surface area contributed by atoms with E-state index in [1.54, 1.807) is 37.6 Å². The maximum absolute atomic E-state index is 14.0. The first-order valence-corrected chi connectivity index (χ1v) is 12.0. The second kappa shape index (κ2) is 10.6. The number of methoxy groups -OCH3 is 1. The Morgan fingerprint density at radius 3 is 2.78 bits per heavy atom. The summed E-state index contributed by atoms with van der Waals surface area (Å²) in [6.45, 7) is 2.28. The molecule has 37 heavy (non-hydrogen) atoms. The molecular weight excluding hydrogens is 473 g/mol. The number of pyridine rings is 1. The number of H-pyrrole nitrogens is 1. The van der Waals surface area contributed by atoms with Crippen LogP contribution in [0.15, 0.2) is 59.5 Å². The number of ether oxygens (including phenoxy) is 1. The highest BCUT2D eigenvalue weighted by Gasteiger charge is 2.21. The van der Waals surface area contributed by atoms with Gasteiger partial charge in [0, 0.05) is 11.6 Å². The molecule has 10 heteroatoms. The number of aromatic amines is 1. The summed E-state index contributed by atoms with van der Waals surface area (Å²) in [4.78, 5) is 26.0. The van der Waals surface area contributed by atoms with Crippen LogP contribution in [0.5, 0.6) is 5.75 Å². The predicted molar refractivity (Wildman–Crippen MR) is 140 cm³/mol. The molecular formula is C27H26FN7O2. The van der Waals surface area contributed by atoms with Crippen molar-refractivity contribution in [3.05, 3.63) is 76.5 Å². The topological polar surface area (TPSA) is 119 Å². The normalized spacial score (nSPS) is 14.3. The first-order valence-electron chi connectivity index (χ1n) is 12.0. The van der Waals surface area contributed by atoms with Gasteiger partial charge in [-0.3, -0.25) is 9.69 Å². The second-order valence-electron chi connectivity index (χ2n) is 8.90. The molecule has 2 aromatic carbocycles. The maximum atomic E-state index is 14.0. The van der Waals surface area contributed by atoms with Gasteiger partial charge in [0.15, 0.2) is 0 Å². The van der Waals surface area contributed by atoms with Crippen LogP contribution in [0.2, 0.25) is 0 Å². The zero-order valence-electron chi connectivity index (χ0n) is 20.3. The van der Waals surface area contributed by atoms with E-state index >= 15 is 0 Å². The van der Waals surface area contributed by atoms with Crippen molar-refractivity contribution in [3.63, 3.8) is 0 Å². The summed E-state index contributed by atoms with van der Waals surface area (Å²) >= 11 is 0. The lowest BCUT2D eigenvalue weighted by Crippen LogP contribution is -2.33. The van der Waals surface area contributed by atoms with E-state index < -0.39 is 11.4 Å². The minimum atomic E-state index is -0.487. The number of piperidine rings is 1. The zero-order valence-corrected chi connectivity index (χ0v) is 20.3. The van der Waals surface area contributed by atoms with E-state index in [2.05, 4.69) is 42.6 Å². The number of nitrogens with zero attached hydrogens (tertiary/aromatic N) is 4. The third-order valence-corrected chi connectivity index (χ3v) is 6.57. The number of hydrogen-bond acceptors (Lipinski definition) is 8. The van der Waals surface area contributed by atoms with Gasteiger partial charge >= 0.3 is 0 Å². The molecule has 9 nitrogen and oxygen atoms in total. The smallest absolute Gasteiger partial charge is 0.272 e. The van der Waals surface area contributed by atoms with Crippen molar-refractivity contribution in [2.75, 3.05) is 37.4 Å². The molecule has 3 N–H and O–H groups in total. The van der Waals surface area contributed by atoms with Gasteiger partial charge in [-0.05, 0) is 67.7 Å². The third kappa shape index (κ3) is 5.37. The van der Waals surface area contributed by atoms with Gasteiger partial charge in [0.25, 0.3) is 5.56 Å². The Kier molecular flexibility index (Phi) is 6.96. The van der Waals surface area contributed by atoms with Crippen LogP contribution in [-0.2, 0) is 0 Å². The summed E-state index contributed by atoms with van der Waals surface area (Å²) in [6, 6.07) is 16.1. The number of anilines is 4. The lowest BCUT2D eigenvalue weighted by molar-refractivity contribution is 0.235. The van der Waals surface area contributed by atoms with Crippen LogP contribution in [0.4, 0.5) is 27.5 Å². The van der Waals surface area contributed by atoms with Crippen molar-refractivity contribution in [3.8, 4) is 11.8 Å². The minimum Gasteiger partial charge on any atom is -0.495 e. The number of benzene rings is 2. The van der Waals surface area contributed by atoms with Crippen LogP contribution in [0.1, 0.15) is 24.3 Å². The number of fused-ring (bicyclic) bond motifs is 1. The molecule has 2 aromatic heterocycles. The van der Waals surface area contributed by atoms with Crippen LogP contribution in [-0.4, -0.2) is 46.6 Å². The third-order valence-electron chi connectivity index (χ3n) is 6.57. The highest BCUT2D eigenvalue weighted by molar-refractivity contribution is 5.82. The van der Waals surface area contributed by atoms with Crippen LogP contribution in [0, 0.1) is 17.1 Å². The Hall–Kier alpha value is -4.49. The number of nitrogens with one attached hydrogen (secondary N) is 3. The van der Waals surface area contributed by atoms with E-state index in [9.17, 15) is 9.18 Å². The van der Waals surface area contributed by atoms with Crippen LogP contribution in [0.3, 0.4) is 0 Å². The minimum absolute atomic E-state index is 0.159. The Morgan fingerprint density at radius 1 is 1.16 bits per heavy atom. The van der Waals surface area contributed by atoms with Gasteiger partial charge in [-0.25, -0.2) is 9.37 Å². The van der Waals surface area contributed by atoms with Gasteiger partial charge in [-0.2, -0.15) is 10.2 Å². The molecule has 0 radical (unpaired) electrons. The first-order chi connectivity index (χ1) is 18.0. The lowest BCUT2D eigenvalue weighted by atomic mass is 9.89. The Bertz CT molecular complexity index is 1520. The molecule has 3 heterocycles. The van der Waals surface area contributed by atoms with Crippen molar-refractivity contribution in [2.24, 2.45) is 0 Å². The lowest BCUT2D eigenvalue weighted by Gasteiger charge is -2.30. The molecule has 4 aromatic rings. The molecule has 0 amide bonds. The molecule has 1 aliphatic heterocycles. The monoisotopic (exact) mass is 499 g/mol. The van der Waals surface area contributed by atoms with Gasteiger partial charge in [-0.15, -0.1) is 0 Å². The number of aromatic nitrogens is 3. The molecule has 0 unspecified atom stereocenters. The average molecular weight is 500 g/mol. The number of hydrogen-bond donors (Lipinski definition) is 3. The molecule has 1 fully saturated rings. The van der Waals surface area contributed by atoms with Gasteiger partial charge in [0.2, 0.25) is 5.95 Å². The van der Waals surface area contributed by atoms with Gasteiger partial charge < -0.3 is 20.4 Å². The van der Waals surface area contributed by atoms with Gasteiger partial charge in [-0.1, -0.05) is 18.2 Å². The fourth-order valence-electron chi connectivity index (χ4n) is 4.62. The van der Waals surface area contributed by atoms with E-state index in [0.29, 0.717) is 41.1 Å². The van der Waals surface area contributed by atoms with Gasteiger partial charge in [0.05, 0.1) is 30.9 Å². The highest BCUT2D eigenvalue weighted by Crippen LogP contribution is 2.34. The summed E-state index contributed by atoms with van der Waals surface area (Å²) in [5.41, 5.74) is 1.85. The van der Waals surface area contributed by atoms with Crippen molar-refractivity contribution in [2.45, 2.75) is 18.8 Å². The quantitative estimate of drug-likeness (QED) is 0.314. The van der Waals surface area contributed by atoms with E-state index in [4.69, 9.17) is 10.00 Å². The number of nitriles is 1. The van der Waals surface area contributed by atoms with E-state index in [0.717, 1.165) is 25.9 Å². The predicted octanol–water partition coefficient (Wildman–Crippen LogP) is 4.66. The largest absolute Gasteiger partial charge is 0.495 e. The Labute approximate surface area is 212 Å². The van der Waals surface area contributed by atoms with Crippen molar-refractivity contribution >= 4 is 34.0 Å². The fourth-order valence-corrected chi connectivity index (χ4v) is 4.62. The first kappa shape index (κ1) is 24.2. The SMILES string of the molecule is COc1cc(C2CCN(CC#N)CC2)ccc1Nc1nccc(Nc2cc3cccc(F)c3[nH]c2=O)n1. The van der Waals surface area contributed by atoms with Crippen molar-refractivity contribution < 1.29 is 9.13 Å². The summed E-state index contributed by atoms with van der Waals surface area (Å²) in [6.07, 6.45) is 3.56. The summed E-state index contributed by atoms with van der Waals surface area (Å²) in [5, 5.41) is 15.7. The molecule has 0 aliphatic carbocycles. The molecule has 5 rings (SSSR count). The second-order valence-corrected chi connectivity index (χ2v) is 8.90.